The van der Waals surface area contributed by atoms with Gasteiger partial charge in [0.15, 0.2) is 6.17 Å². The lowest BCUT2D eigenvalue weighted by molar-refractivity contribution is -0.891. The van der Waals surface area contributed by atoms with Crippen molar-refractivity contribution in [1.82, 2.24) is 10.6 Å². The summed E-state index contributed by atoms with van der Waals surface area (Å²) in [5.74, 6) is -0.610. The van der Waals surface area contributed by atoms with Crippen LogP contribution >= 0.6 is 0 Å². The first-order valence-corrected chi connectivity index (χ1v) is 6.02. The molecule has 18 heavy (non-hydrogen) atoms. The van der Waals surface area contributed by atoms with Crippen LogP contribution in [0.3, 0.4) is 0 Å². The topological polar surface area (TPSA) is 58.2 Å². The smallest absolute Gasteiger partial charge is 0.245 e. The standard InChI is InChI=1S/C13H23N3O2/c1-6-9-16(4,5)10-11(14-12(17)7-2)15-13(18)8-3/h7-8,11H,2-3,6,9-10H2,1,4-5H3,(H-,14,15,17,18)/p+1. The van der Waals surface area contributed by atoms with E-state index in [0.29, 0.717) is 11.0 Å². The van der Waals surface area contributed by atoms with E-state index >= 15 is 0 Å². The summed E-state index contributed by atoms with van der Waals surface area (Å²) in [6.45, 7) is 10.5. The van der Waals surface area contributed by atoms with E-state index in [-0.39, 0.29) is 11.8 Å². The number of quaternary nitrogens is 1. The summed E-state index contributed by atoms with van der Waals surface area (Å²) in [4.78, 5) is 22.6. The van der Waals surface area contributed by atoms with Crippen molar-refractivity contribution >= 4 is 11.8 Å². The minimum atomic E-state index is -0.428. The minimum Gasteiger partial charge on any atom is -0.328 e. The average Bonchev–Trinajstić information content (AvgIpc) is 2.27. The predicted molar refractivity (Wildman–Crippen MR) is 72.6 cm³/mol. The molecule has 2 amide bonds. The quantitative estimate of drug-likeness (QED) is 0.374. The first-order valence-electron chi connectivity index (χ1n) is 6.02. The highest BCUT2D eigenvalue weighted by atomic mass is 16.2. The molecule has 0 aromatic rings. The largest absolute Gasteiger partial charge is 0.328 e. The van der Waals surface area contributed by atoms with Crippen molar-refractivity contribution in [2.45, 2.75) is 19.5 Å². The molecule has 0 aliphatic rings. The molecule has 0 spiro atoms. The average molecular weight is 254 g/mol. The number of carbonyl (C=O) groups excluding carboxylic acids is 2. The van der Waals surface area contributed by atoms with Gasteiger partial charge in [-0.1, -0.05) is 20.1 Å². The van der Waals surface area contributed by atoms with Crippen LogP contribution in [0.5, 0.6) is 0 Å². The number of nitrogens with one attached hydrogen (secondary N) is 2. The summed E-state index contributed by atoms with van der Waals surface area (Å²) in [6.07, 6.45) is 2.98. The van der Waals surface area contributed by atoms with Crippen molar-refractivity contribution in [3.63, 3.8) is 0 Å². The van der Waals surface area contributed by atoms with Crippen LogP contribution in [0.15, 0.2) is 25.3 Å². The Balaban J connectivity index is 4.64. The molecule has 0 rings (SSSR count). The second-order valence-corrected chi connectivity index (χ2v) is 4.82. The summed E-state index contributed by atoms with van der Waals surface area (Å²) < 4.78 is 0.704. The third kappa shape index (κ3) is 6.85. The van der Waals surface area contributed by atoms with E-state index in [1.54, 1.807) is 0 Å². The molecule has 5 heteroatoms. The molecule has 0 fully saturated rings. The Hall–Kier alpha value is -1.62. The Kier molecular flexibility index (Phi) is 6.97. The van der Waals surface area contributed by atoms with Gasteiger partial charge in [-0.25, -0.2) is 0 Å². The van der Waals surface area contributed by atoms with Gasteiger partial charge in [-0.3, -0.25) is 9.59 Å². The molecule has 0 aliphatic carbocycles. The zero-order valence-corrected chi connectivity index (χ0v) is 11.5. The summed E-state index contributed by atoms with van der Waals surface area (Å²) in [5, 5.41) is 5.39. The lowest BCUT2D eigenvalue weighted by atomic mass is 10.3. The Bertz CT molecular complexity index is 302. The lowest BCUT2D eigenvalue weighted by Crippen LogP contribution is -2.58. The van der Waals surface area contributed by atoms with E-state index in [0.717, 1.165) is 13.0 Å². The molecule has 0 bridgehead atoms. The number of rotatable bonds is 8. The Labute approximate surface area is 109 Å². The molecule has 0 radical (unpaired) electrons. The third-order valence-electron chi connectivity index (χ3n) is 2.51. The van der Waals surface area contributed by atoms with Gasteiger partial charge in [-0.2, -0.15) is 0 Å². The fraction of sp³-hybridized carbons (Fsp3) is 0.538. The van der Waals surface area contributed by atoms with Crippen molar-refractivity contribution in [1.29, 1.82) is 0 Å². The van der Waals surface area contributed by atoms with Gasteiger partial charge in [-0.15, -0.1) is 0 Å². The van der Waals surface area contributed by atoms with Crippen molar-refractivity contribution in [3.8, 4) is 0 Å². The maximum absolute atomic E-state index is 11.3. The summed E-state index contributed by atoms with van der Waals surface area (Å²) in [7, 11) is 4.10. The highest BCUT2D eigenvalue weighted by Crippen LogP contribution is 2.00. The predicted octanol–water partition coefficient (Wildman–Crippen LogP) is 0.403. The van der Waals surface area contributed by atoms with E-state index in [1.807, 2.05) is 0 Å². The number of carbonyl (C=O) groups is 2. The molecule has 0 saturated carbocycles. The van der Waals surface area contributed by atoms with Crippen molar-refractivity contribution < 1.29 is 14.1 Å². The Morgan fingerprint density at radius 1 is 1.17 bits per heavy atom. The molecule has 0 saturated heterocycles. The first-order chi connectivity index (χ1) is 8.34. The molecular formula is C13H24N3O2+. The molecule has 0 aliphatic heterocycles. The molecule has 0 unspecified atom stereocenters. The van der Waals surface area contributed by atoms with E-state index in [4.69, 9.17) is 0 Å². The molecule has 0 atom stereocenters. The molecule has 0 aromatic heterocycles. The zero-order chi connectivity index (χ0) is 14.2. The number of hydrogen-bond acceptors (Lipinski definition) is 2. The third-order valence-corrected chi connectivity index (χ3v) is 2.51. The fourth-order valence-electron chi connectivity index (χ4n) is 1.78. The second-order valence-electron chi connectivity index (χ2n) is 4.82. The maximum atomic E-state index is 11.3. The van der Waals surface area contributed by atoms with Gasteiger partial charge < -0.3 is 15.1 Å². The molecule has 102 valence electrons. The zero-order valence-electron chi connectivity index (χ0n) is 11.5. The number of hydrogen-bond donors (Lipinski definition) is 2. The van der Waals surface area contributed by atoms with Gasteiger partial charge >= 0.3 is 0 Å². The van der Waals surface area contributed by atoms with E-state index < -0.39 is 6.17 Å². The fourth-order valence-corrected chi connectivity index (χ4v) is 1.78. The van der Waals surface area contributed by atoms with Crippen LogP contribution in [0, 0.1) is 0 Å². The number of likely N-dealkylation sites (N-methyl/N-ethyl adjacent to an activating group) is 1. The maximum Gasteiger partial charge on any atom is 0.245 e. The molecule has 0 heterocycles. The molecule has 2 N–H and O–H groups in total. The van der Waals surface area contributed by atoms with Gasteiger partial charge in [0.2, 0.25) is 11.8 Å². The van der Waals surface area contributed by atoms with Crippen LogP contribution in [0.4, 0.5) is 0 Å². The molecule has 0 aromatic carbocycles. The lowest BCUT2D eigenvalue weighted by Gasteiger charge is -2.33. The Morgan fingerprint density at radius 2 is 1.61 bits per heavy atom. The van der Waals surface area contributed by atoms with Gasteiger partial charge in [0.25, 0.3) is 0 Å². The van der Waals surface area contributed by atoms with Crippen LogP contribution in [-0.4, -0.2) is 49.6 Å². The van der Waals surface area contributed by atoms with Crippen LogP contribution in [0.2, 0.25) is 0 Å². The van der Waals surface area contributed by atoms with Gasteiger partial charge in [0.05, 0.1) is 20.6 Å². The minimum absolute atomic E-state index is 0.305. The molecule has 5 nitrogen and oxygen atoms in total. The second kappa shape index (κ2) is 7.66. The highest BCUT2D eigenvalue weighted by molar-refractivity contribution is 5.89. The van der Waals surface area contributed by atoms with E-state index in [2.05, 4.69) is 44.8 Å². The highest BCUT2D eigenvalue weighted by Gasteiger charge is 2.23. The number of nitrogens with zero attached hydrogens (tertiary/aromatic N) is 1. The summed E-state index contributed by atoms with van der Waals surface area (Å²) in [6, 6.07) is 0. The van der Waals surface area contributed by atoms with Crippen LogP contribution in [-0.2, 0) is 9.59 Å². The first kappa shape index (κ1) is 16.4. The monoisotopic (exact) mass is 254 g/mol. The van der Waals surface area contributed by atoms with Crippen LogP contribution < -0.4 is 10.6 Å². The van der Waals surface area contributed by atoms with Crippen molar-refractivity contribution in [2.24, 2.45) is 0 Å². The van der Waals surface area contributed by atoms with E-state index in [9.17, 15) is 9.59 Å². The molecular weight excluding hydrogens is 230 g/mol. The normalized spacial score (nSPS) is 10.9. The van der Waals surface area contributed by atoms with Gasteiger partial charge in [0.1, 0.15) is 6.54 Å². The summed E-state index contributed by atoms with van der Waals surface area (Å²) in [5.41, 5.74) is 0. The summed E-state index contributed by atoms with van der Waals surface area (Å²) >= 11 is 0. The Morgan fingerprint density at radius 3 is 1.94 bits per heavy atom. The van der Waals surface area contributed by atoms with Gasteiger partial charge in [0, 0.05) is 0 Å². The van der Waals surface area contributed by atoms with Crippen molar-refractivity contribution in [2.75, 3.05) is 27.2 Å². The van der Waals surface area contributed by atoms with E-state index in [1.165, 1.54) is 12.2 Å². The SMILES string of the molecule is C=CC(=O)NC(C[N+](C)(C)CCC)NC(=O)C=C. The van der Waals surface area contributed by atoms with Crippen molar-refractivity contribution in [3.05, 3.63) is 25.3 Å². The number of amides is 2. The van der Waals surface area contributed by atoms with Crippen LogP contribution in [0.25, 0.3) is 0 Å². The van der Waals surface area contributed by atoms with Gasteiger partial charge in [-0.05, 0) is 18.6 Å². The van der Waals surface area contributed by atoms with Crippen LogP contribution in [0.1, 0.15) is 13.3 Å².